The molecule has 34 heavy (non-hydrogen) atoms. The van der Waals surface area contributed by atoms with Gasteiger partial charge in [-0.15, -0.1) is 0 Å². The fourth-order valence-corrected chi connectivity index (χ4v) is 4.86. The van der Waals surface area contributed by atoms with Crippen LogP contribution in [0.4, 0.5) is 0 Å². The van der Waals surface area contributed by atoms with Crippen LogP contribution in [-0.4, -0.2) is 38.7 Å². The highest BCUT2D eigenvalue weighted by Crippen LogP contribution is 2.28. The zero-order valence-corrected chi connectivity index (χ0v) is 19.6. The maximum atomic E-state index is 13.5. The van der Waals surface area contributed by atoms with Gasteiger partial charge in [-0.2, -0.15) is 5.10 Å². The Kier molecular flexibility index (Phi) is 6.52. The van der Waals surface area contributed by atoms with Gasteiger partial charge in [0.05, 0.1) is 6.54 Å². The summed E-state index contributed by atoms with van der Waals surface area (Å²) < 4.78 is 1.86. The minimum atomic E-state index is 0.100. The number of likely N-dealkylation sites (tertiary alicyclic amines) is 1. The standard InChI is InChI=1S/C29H30N4O/c1-22-8-4-9-23(18-22)19-26-12-5-14-28(31-26)25-11-6-16-32(20-25)29(34)27-13-3-2-10-24(27)21-33-17-7-15-30-33/h2-5,7-10,12-15,17-18,25H,6,11,16,19-21H2,1H3/t25-/m1/s1. The molecule has 2 aromatic carbocycles. The summed E-state index contributed by atoms with van der Waals surface area (Å²) in [7, 11) is 0. The van der Waals surface area contributed by atoms with Crippen molar-refractivity contribution < 1.29 is 4.79 Å². The number of aryl methyl sites for hydroxylation is 1. The number of amides is 1. The van der Waals surface area contributed by atoms with Crippen LogP contribution in [0.1, 0.15) is 57.2 Å². The smallest absolute Gasteiger partial charge is 0.254 e. The molecule has 3 heterocycles. The molecule has 1 fully saturated rings. The Bertz CT molecular complexity index is 1260. The highest BCUT2D eigenvalue weighted by atomic mass is 16.2. The van der Waals surface area contributed by atoms with E-state index in [1.807, 2.05) is 46.1 Å². The highest BCUT2D eigenvalue weighted by molar-refractivity contribution is 5.95. The maximum Gasteiger partial charge on any atom is 0.254 e. The topological polar surface area (TPSA) is 51.0 Å². The molecule has 0 bridgehead atoms. The molecule has 0 radical (unpaired) electrons. The maximum absolute atomic E-state index is 13.5. The van der Waals surface area contributed by atoms with Gasteiger partial charge in [0, 0.05) is 54.8 Å². The number of hydrogen-bond donors (Lipinski definition) is 0. The number of carbonyl (C=O) groups excluding carboxylic acids is 1. The van der Waals surface area contributed by atoms with Crippen LogP contribution in [0.3, 0.4) is 0 Å². The third-order valence-electron chi connectivity index (χ3n) is 6.56. The molecule has 2 aromatic heterocycles. The van der Waals surface area contributed by atoms with Crippen molar-refractivity contribution in [2.24, 2.45) is 0 Å². The lowest BCUT2D eigenvalue weighted by Crippen LogP contribution is -2.39. The summed E-state index contributed by atoms with van der Waals surface area (Å²) >= 11 is 0. The molecule has 1 aliphatic rings. The summed E-state index contributed by atoms with van der Waals surface area (Å²) in [6.45, 7) is 4.20. The summed E-state index contributed by atoms with van der Waals surface area (Å²) in [5.74, 6) is 0.358. The summed E-state index contributed by atoms with van der Waals surface area (Å²) in [6, 6.07) is 24.7. The van der Waals surface area contributed by atoms with Crippen LogP contribution in [0.15, 0.2) is 85.2 Å². The largest absolute Gasteiger partial charge is 0.338 e. The van der Waals surface area contributed by atoms with E-state index in [1.165, 1.54) is 11.1 Å². The minimum absolute atomic E-state index is 0.100. The zero-order valence-electron chi connectivity index (χ0n) is 19.6. The third-order valence-corrected chi connectivity index (χ3v) is 6.56. The predicted octanol–water partition coefficient (Wildman–Crippen LogP) is 5.25. The van der Waals surface area contributed by atoms with Crippen molar-refractivity contribution in [1.82, 2.24) is 19.7 Å². The van der Waals surface area contributed by atoms with E-state index in [4.69, 9.17) is 4.98 Å². The molecule has 5 nitrogen and oxygen atoms in total. The fourth-order valence-electron chi connectivity index (χ4n) is 4.86. The van der Waals surface area contributed by atoms with Gasteiger partial charge in [-0.05, 0) is 55.2 Å². The number of nitrogens with zero attached hydrogens (tertiary/aromatic N) is 4. The number of carbonyl (C=O) groups is 1. The molecule has 5 rings (SSSR count). The molecule has 0 saturated carbocycles. The Hall–Kier alpha value is -3.73. The number of pyridine rings is 1. The summed E-state index contributed by atoms with van der Waals surface area (Å²) in [5.41, 5.74) is 6.47. The lowest BCUT2D eigenvalue weighted by Gasteiger charge is -2.33. The summed E-state index contributed by atoms with van der Waals surface area (Å²) in [4.78, 5) is 20.6. The molecule has 0 unspecified atom stereocenters. The van der Waals surface area contributed by atoms with Crippen LogP contribution in [0.25, 0.3) is 0 Å². The summed E-state index contributed by atoms with van der Waals surface area (Å²) in [6.07, 6.45) is 6.56. The van der Waals surface area contributed by atoms with E-state index in [0.29, 0.717) is 13.1 Å². The molecule has 1 amide bonds. The van der Waals surface area contributed by atoms with E-state index >= 15 is 0 Å². The number of aromatic nitrogens is 3. The molecule has 0 spiro atoms. The highest BCUT2D eigenvalue weighted by Gasteiger charge is 2.27. The number of hydrogen-bond acceptors (Lipinski definition) is 3. The minimum Gasteiger partial charge on any atom is -0.338 e. The average Bonchev–Trinajstić information content (AvgIpc) is 3.37. The van der Waals surface area contributed by atoms with Gasteiger partial charge in [-0.1, -0.05) is 54.1 Å². The van der Waals surface area contributed by atoms with Crippen molar-refractivity contribution in [1.29, 1.82) is 0 Å². The molecule has 172 valence electrons. The van der Waals surface area contributed by atoms with Gasteiger partial charge in [0.1, 0.15) is 0 Å². The second-order valence-corrected chi connectivity index (χ2v) is 9.17. The lowest BCUT2D eigenvalue weighted by atomic mass is 9.93. The first kappa shape index (κ1) is 22.1. The second-order valence-electron chi connectivity index (χ2n) is 9.17. The van der Waals surface area contributed by atoms with E-state index in [2.05, 4.69) is 54.5 Å². The first-order valence-corrected chi connectivity index (χ1v) is 12.0. The third kappa shape index (κ3) is 5.09. The molecule has 5 heteroatoms. The van der Waals surface area contributed by atoms with Crippen molar-refractivity contribution in [3.05, 3.63) is 119 Å². The predicted molar refractivity (Wildman–Crippen MR) is 134 cm³/mol. The monoisotopic (exact) mass is 450 g/mol. The zero-order chi connectivity index (χ0) is 23.3. The number of benzene rings is 2. The Balaban J connectivity index is 1.31. The normalized spacial score (nSPS) is 15.9. The van der Waals surface area contributed by atoms with Gasteiger partial charge in [0.2, 0.25) is 0 Å². The number of rotatable bonds is 6. The molecule has 1 saturated heterocycles. The first-order chi connectivity index (χ1) is 16.7. The van der Waals surface area contributed by atoms with Gasteiger partial charge >= 0.3 is 0 Å². The average molecular weight is 451 g/mol. The molecule has 0 N–H and O–H groups in total. The van der Waals surface area contributed by atoms with Crippen molar-refractivity contribution >= 4 is 5.91 Å². The van der Waals surface area contributed by atoms with Gasteiger partial charge in [0.15, 0.2) is 0 Å². The Morgan fingerprint density at radius 3 is 2.76 bits per heavy atom. The van der Waals surface area contributed by atoms with E-state index in [-0.39, 0.29) is 11.8 Å². The summed E-state index contributed by atoms with van der Waals surface area (Å²) in [5, 5.41) is 4.30. The van der Waals surface area contributed by atoms with Crippen molar-refractivity contribution in [2.45, 2.75) is 38.6 Å². The van der Waals surface area contributed by atoms with Crippen LogP contribution in [0.5, 0.6) is 0 Å². The molecule has 0 aliphatic carbocycles. The Labute approximate surface area is 201 Å². The fraction of sp³-hybridized carbons (Fsp3) is 0.276. The van der Waals surface area contributed by atoms with E-state index in [1.54, 1.807) is 6.20 Å². The van der Waals surface area contributed by atoms with Gasteiger partial charge in [-0.3, -0.25) is 14.5 Å². The van der Waals surface area contributed by atoms with Crippen molar-refractivity contribution in [3.8, 4) is 0 Å². The molecular formula is C29H30N4O. The van der Waals surface area contributed by atoms with E-state index in [0.717, 1.165) is 48.3 Å². The van der Waals surface area contributed by atoms with Crippen molar-refractivity contribution in [3.63, 3.8) is 0 Å². The van der Waals surface area contributed by atoms with E-state index < -0.39 is 0 Å². The quantitative estimate of drug-likeness (QED) is 0.403. The Morgan fingerprint density at radius 2 is 1.91 bits per heavy atom. The lowest BCUT2D eigenvalue weighted by molar-refractivity contribution is 0.0704. The van der Waals surface area contributed by atoms with Crippen LogP contribution >= 0.6 is 0 Å². The molecule has 4 aromatic rings. The SMILES string of the molecule is Cc1cccc(Cc2cccc([C@@H]3CCCN(C(=O)c4ccccc4Cn4cccn4)C3)n2)c1. The van der Waals surface area contributed by atoms with Gasteiger partial charge in [0.25, 0.3) is 5.91 Å². The van der Waals surface area contributed by atoms with Crippen molar-refractivity contribution in [2.75, 3.05) is 13.1 Å². The first-order valence-electron chi connectivity index (χ1n) is 12.0. The van der Waals surface area contributed by atoms with Crippen LogP contribution in [-0.2, 0) is 13.0 Å². The Morgan fingerprint density at radius 1 is 1.03 bits per heavy atom. The van der Waals surface area contributed by atoms with E-state index in [9.17, 15) is 4.79 Å². The molecule has 1 atom stereocenters. The van der Waals surface area contributed by atoms with Crippen LogP contribution in [0.2, 0.25) is 0 Å². The second kappa shape index (κ2) is 10.0. The van der Waals surface area contributed by atoms with Gasteiger partial charge < -0.3 is 4.90 Å². The molecule has 1 aliphatic heterocycles. The molecular weight excluding hydrogens is 420 g/mol. The van der Waals surface area contributed by atoms with Crippen LogP contribution in [0, 0.1) is 6.92 Å². The van der Waals surface area contributed by atoms with Crippen LogP contribution < -0.4 is 0 Å². The van der Waals surface area contributed by atoms with Gasteiger partial charge in [-0.25, -0.2) is 0 Å². The number of piperidine rings is 1.